The van der Waals surface area contributed by atoms with Gasteiger partial charge < -0.3 is 10.1 Å². The smallest absolute Gasteiger partial charge is 0.406 e. The fourth-order valence-corrected chi connectivity index (χ4v) is 2.01. The van der Waals surface area contributed by atoms with Gasteiger partial charge in [0.1, 0.15) is 5.75 Å². The van der Waals surface area contributed by atoms with Crippen LogP contribution in [0.4, 0.5) is 13.2 Å². The molecule has 1 rings (SSSR count). The Morgan fingerprint density at radius 2 is 1.86 bits per heavy atom. The van der Waals surface area contributed by atoms with Gasteiger partial charge in [-0.3, -0.25) is 4.79 Å². The second-order valence-corrected chi connectivity index (χ2v) is 5.34. The first kappa shape index (κ1) is 17.6. The van der Waals surface area contributed by atoms with E-state index in [0.717, 1.165) is 18.6 Å². The highest BCUT2D eigenvalue weighted by molar-refractivity contribution is 6.18. The molecule has 0 spiro atoms. The molecule has 0 aliphatic heterocycles. The summed E-state index contributed by atoms with van der Waals surface area (Å²) in [4.78, 5) is 12.0. The molecule has 0 radical (unpaired) electrons. The van der Waals surface area contributed by atoms with Gasteiger partial charge in [0.15, 0.2) is 0 Å². The highest BCUT2D eigenvalue weighted by Gasteiger charge is 2.31. The third-order valence-corrected chi connectivity index (χ3v) is 3.00. The topological polar surface area (TPSA) is 38.3 Å². The molecule has 1 unspecified atom stereocenters. The predicted octanol–water partition coefficient (Wildman–Crippen LogP) is 3.97. The normalized spacial score (nSPS) is 13.1. The maximum Gasteiger partial charge on any atom is 0.573 e. The molecule has 0 saturated heterocycles. The van der Waals surface area contributed by atoms with Crippen molar-refractivity contribution in [3.05, 3.63) is 29.8 Å². The van der Waals surface area contributed by atoms with Gasteiger partial charge in [-0.05, 0) is 36.6 Å². The van der Waals surface area contributed by atoms with Crippen molar-refractivity contribution in [2.45, 2.75) is 32.7 Å². The fourth-order valence-electron chi connectivity index (χ4n) is 1.81. The van der Waals surface area contributed by atoms with Crippen LogP contribution >= 0.6 is 11.6 Å². The van der Waals surface area contributed by atoms with Crippen molar-refractivity contribution in [2.24, 2.45) is 5.92 Å². The van der Waals surface area contributed by atoms with Crippen LogP contribution in [0.2, 0.25) is 0 Å². The molecule has 1 aromatic rings. The highest BCUT2D eigenvalue weighted by Crippen LogP contribution is 2.22. The second-order valence-electron chi connectivity index (χ2n) is 5.03. The standard InChI is InChI=1S/C14H17ClF3NO2/c1-9(2)7-11(8-15)19-13(20)10-3-5-12(6-4-10)21-14(16,17)18/h3-6,9,11H,7-8H2,1-2H3,(H,19,20). The van der Waals surface area contributed by atoms with Crippen molar-refractivity contribution in [2.75, 3.05) is 5.88 Å². The zero-order valence-electron chi connectivity index (χ0n) is 11.7. The van der Waals surface area contributed by atoms with E-state index >= 15 is 0 Å². The molecule has 1 amide bonds. The first-order valence-corrected chi connectivity index (χ1v) is 6.97. The molecule has 0 aromatic heterocycles. The highest BCUT2D eigenvalue weighted by atomic mass is 35.5. The molecule has 0 fully saturated rings. The number of alkyl halides is 4. The molecule has 0 bridgehead atoms. The number of nitrogens with one attached hydrogen (secondary N) is 1. The number of benzene rings is 1. The summed E-state index contributed by atoms with van der Waals surface area (Å²) in [7, 11) is 0. The second kappa shape index (κ2) is 7.54. The van der Waals surface area contributed by atoms with Gasteiger partial charge in [-0.15, -0.1) is 24.8 Å². The molecule has 1 N–H and O–H groups in total. The molecular formula is C14H17ClF3NO2. The van der Waals surface area contributed by atoms with Crippen LogP contribution < -0.4 is 10.1 Å². The van der Waals surface area contributed by atoms with E-state index < -0.39 is 6.36 Å². The van der Waals surface area contributed by atoms with Gasteiger partial charge in [0.05, 0.1) is 0 Å². The molecular weight excluding hydrogens is 307 g/mol. The number of halogens is 4. The van der Waals surface area contributed by atoms with E-state index in [0.29, 0.717) is 5.92 Å². The minimum Gasteiger partial charge on any atom is -0.406 e. The monoisotopic (exact) mass is 323 g/mol. The van der Waals surface area contributed by atoms with E-state index in [2.05, 4.69) is 10.1 Å². The molecule has 0 aliphatic carbocycles. The molecule has 0 aliphatic rings. The van der Waals surface area contributed by atoms with Gasteiger partial charge in [-0.1, -0.05) is 13.8 Å². The van der Waals surface area contributed by atoms with E-state index in [1.807, 2.05) is 13.8 Å². The van der Waals surface area contributed by atoms with Crippen molar-refractivity contribution in [3.8, 4) is 5.75 Å². The summed E-state index contributed by atoms with van der Waals surface area (Å²) >= 11 is 5.78. The van der Waals surface area contributed by atoms with Gasteiger partial charge in [0.2, 0.25) is 0 Å². The van der Waals surface area contributed by atoms with E-state index in [4.69, 9.17) is 11.6 Å². The van der Waals surface area contributed by atoms with E-state index in [9.17, 15) is 18.0 Å². The number of ether oxygens (including phenoxy) is 1. The van der Waals surface area contributed by atoms with Gasteiger partial charge in [0.25, 0.3) is 5.91 Å². The Bertz CT molecular complexity index is 460. The summed E-state index contributed by atoms with van der Waals surface area (Å²) in [6.45, 7) is 4.02. The number of carbonyl (C=O) groups excluding carboxylic acids is 1. The maximum absolute atomic E-state index is 12.0. The van der Waals surface area contributed by atoms with Crippen LogP contribution in [0.3, 0.4) is 0 Å². The summed E-state index contributed by atoms with van der Waals surface area (Å²) in [5.41, 5.74) is 0.253. The first-order valence-electron chi connectivity index (χ1n) is 6.44. The van der Waals surface area contributed by atoms with E-state index in [1.165, 1.54) is 12.1 Å². The third kappa shape index (κ3) is 6.71. The van der Waals surface area contributed by atoms with Gasteiger partial charge in [-0.25, -0.2) is 0 Å². The Morgan fingerprint density at radius 3 is 2.29 bits per heavy atom. The first-order chi connectivity index (χ1) is 9.71. The van der Waals surface area contributed by atoms with Crippen molar-refractivity contribution in [1.29, 1.82) is 0 Å². The van der Waals surface area contributed by atoms with Crippen molar-refractivity contribution in [1.82, 2.24) is 5.32 Å². The van der Waals surface area contributed by atoms with Crippen LogP contribution in [0, 0.1) is 5.92 Å². The minimum atomic E-state index is -4.75. The van der Waals surface area contributed by atoms with Gasteiger partial charge >= 0.3 is 6.36 Å². The number of hydrogen-bond donors (Lipinski definition) is 1. The Labute approximate surface area is 126 Å². The average molecular weight is 324 g/mol. The van der Waals surface area contributed by atoms with Gasteiger partial charge in [-0.2, -0.15) is 0 Å². The largest absolute Gasteiger partial charge is 0.573 e. The Morgan fingerprint density at radius 1 is 1.29 bits per heavy atom. The number of amides is 1. The van der Waals surface area contributed by atoms with Crippen LogP contribution in [0.5, 0.6) is 5.75 Å². The number of carbonyl (C=O) groups is 1. The van der Waals surface area contributed by atoms with Crippen LogP contribution in [-0.2, 0) is 0 Å². The maximum atomic E-state index is 12.0. The van der Waals surface area contributed by atoms with Crippen LogP contribution in [-0.4, -0.2) is 24.2 Å². The van der Waals surface area contributed by atoms with Gasteiger partial charge in [0, 0.05) is 17.5 Å². The van der Waals surface area contributed by atoms with Crippen LogP contribution in [0.15, 0.2) is 24.3 Å². The van der Waals surface area contributed by atoms with Crippen LogP contribution in [0.1, 0.15) is 30.6 Å². The van der Waals surface area contributed by atoms with Crippen LogP contribution in [0.25, 0.3) is 0 Å². The lowest BCUT2D eigenvalue weighted by molar-refractivity contribution is -0.274. The van der Waals surface area contributed by atoms with Crippen molar-refractivity contribution >= 4 is 17.5 Å². The van der Waals surface area contributed by atoms with Crippen molar-refractivity contribution < 1.29 is 22.7 Å². The third-order valence-electron chi connectivity index (χ3n) is 2.63. The molecule has 3 nitrogen and oxygen atoms in total. The summed E-state index contributed by atoms with van der Waals surface area (Å²) in [5.74, 6) is -0.0919. The molecule has 118 valence electrons. The zero-order valence-corrected chi connectivity index (χ0v) is 12.5. The number of hydrogen-bond acceptors (Lipinski definition) is 2. The quantitative estimate of drug-likeness (QED) is 0.804. The average Bonchev–Trinajstić information content (AvgIpc) is 2.36. The summed E-state index contributed by atoms with van der Waals surface area (Å²) < 4.78 is 39.8. The SMILES string of the molecule is CC(C)CC(CCl)NC(=O)c1ccc(OC(F)(F)F)cc1. The van der Waals surface area contributed by atoms with Crippen molar-refractivity contribution in [3.63, 3.8) is 0 Å². The number of rotatable bonds is 6. The molecule has 1 aromatic carbocycles. The fraction of sp³-hybridized carbons (Fsp3) is 0.500. The lowest BCUT2D eigenvalue weighted by Gasteiger charge is -2.18. The van der Waals surface area contributed by atoms with E-state index in [1.54, 1.807) is 0 Å². The molecule has 21 heavy (non-hydrogen) atoms. The molecule has 7 heteroatoms. The Balaban J connectivity index is 2.66. The lowest BCUT2D eigenvalue weighted by Crippen LogP contribution is -2.37. The Hall–Kier alpha value is -1.43. The predicted molar refractivity (Wildman–Crippen MR) is 74.6 cm³/mol. The summed E-state index contributed by atoms with van der Waals surface area (Å²) in [6.07, 6.45) is -4.02. The lowest BCUT2D eigenvalue weighted by atomic mass is 10.0. The summed E-state index contributed by atoms with van der Waals surface area (Å²) in [5, 5.41) is 2.75. The molecule has 0 saturated carbocycles. The van der Waals surface area contributed by atoms with E-state index in [-0.39, 0.29) is 29.1 Å². The zero-order chi connectivity index (χ0) is 16.0. The summed E-state index contributed by atoms with van der Waals surface area (Å²) in [6, 6.07) is 4.57. The Kier molecular flexibility index (Phi) is 6.33. The molecule has 0 heterocycles. The minimum absolute atomic E-state index is 0.176. The molecule has 1 atom stereocenters.